The van der Waals surface area contributed by atoms with Gasteiger partial charge in [0, 0.05) is 12.2 Å². The summed E-state index contributed by atoms with van der Waals surface area (Å²) in [7, 11) is 1.61. The molecule has 0 aliphatic rings. The van der Waals surface area contributed by atoms with Gasteiger partial charge in [0.25, 0.3) is 0 Å². The molecule has 0 radical (unpaired) electrons. The molecule has 0 fully saturated rings. The zero-order valence-corrected chi connectivity index (χ0v) is 12.6. The van der Waals surface area contributed by atoms with Crippen molar-refractivity contribution in [1.29, 1.82) is 0 Å². The van der Waals surface area contributed by atoms with Crippen molar-refractivity contribution < 1.29 is 14.3 Å². The van der Waals surface area contributed by atoms with Gasteiger partial charge in [0.1, 0.15) is 5.75 Å². The number of carbonyl (C=O) groups is 2. The van der Waals surface area contributed by atoms with E-state index >= 15 is 0 Å². The first-order chi connectivity index (χ1) is 10.6. The van der Waals surface area contributed by atoms with Crippen molar-refractivity contribution in [3.63, 3.8) is 0 Å². The Morgan fingerprint density at radius 3 is 2.41 bits per heavy atom. The number of rotatable bonds is 4. The summed E-state index contributed by atoms with van der Waals surface area (Å²) in [6, 6.07) is 14.4. The van der Waals surface area contributed by atoms with Crippen LogP contribution < -0.4 is 15.4 Å². The number of hydrogen-bond donors (Lipinski definition) is 2. The van der Waals surface area contributed by atoms with Gasteiger partial charge in [-0.05, 0) is 36.2 Å². The van der Waals surface area contributed by atoms with Crippen molar-refractivity contribution in [2.24, 2.45) is 0 Å². The molecule has 0 atom stereocenters. The lowest BCUT2D eigenvalue weighted by Gasteiger charge is -2.09. The molecule has 2 rings (SSSR count). The molecule has 5 heteroatoms. The quantitative estimate of drug-likeness (QED) is 0.851. The van der Waals surface area contributed by atoms with Crippen LogP contribution in [0.1, 0.15) is 11.1 Å². The number of benzene rings is 2. The Morgan fingerprint density at radius 2 is 1.77 bits per heavy atom. The third-order valence-corrected chi connectivity index (χ3v) is 3.15. The van der Waals surface area contributed by atoms with Gasteiger partial charge in [-0.2, -0.15) is 0 Å². The van der Waals surface area contributed by atoms with E-state index in [1.807, 2.05) is 31.2 Å². The molecule has 0 aliphatic carbocycles. The van der Waals surface area contributed by atoms with E-state index in [0.717, 1.165) is 16.9 Å². The number of hydrogen-bond acceptors (Lipinski definition) is 3. The Labute approximate surface area is 129 Å². The second-order valence-electron chi connectivity index (χ2n) is 4.81. The van der Waals surface area contributed by atoms with E-state index in [4.69, 9.17) is 4.74 Å². The predicted octanol–water partition coefficient (Wildman–Crippen LogP) is 2.26. The van der Waals surface area contributed by atoms with Gasteiger partial charge < -0.3 is 15.4 Å². The van der Waals surface area contributed by atoms with Crippen molar-refractivity contribution in [1.82, 2.24) is 5.32 Å². The Balaban J connectivity index is 1.89. The summed E-state index contributed by atoms with van der Waals surface area (Å²) in [4.78, 5) is 23.5. The average Bonchev–Trinajstić information content (AvgIpc) is 2.53. The van der Waals surface area contributed by atoms with Gasteiger partial charge in [0.05, 0.1) is 7.11 Å². The molecule has 0 aliphatic heterocycles. The number of carbonyl (C=O) groups excluding carboxylic acids is 2. The standard InChI is InChI=1S/C17H18N2O3/c1-12-10-13(8-9-15(12)22-2)11-18-16(20)17(21)19-14-6-4-3-5-7-14/h3-10H,11H2,1-2H3,(H,18,20)(H,19,21). The molecule has 0 spiro atoms. The van der Waals surface area contributed by atoms with Crippen LogP contribution in [0.2, 0.25) is 0 Å². The van der Waals surface area contributed by atoms with E-state index in [0.29, 0.717) is 5.69 Å². The summed E-state index contributed by atoms with van der Waals surface area (Å²) in [6.07, 6.45) is 0. The fraction of sp³-hybridized carbons (Fsp3) is 0.176. The first kappa shape index (κ1) is 15.6. The van der Waals surface area contributed by atoms with Crippen molar-refractivity contribution in [3.05, 3.63) is 59.7 Å². The molecule has 2 aromatic rings. The van der Waals surface area contributed by atoms with Crippen LogP contribution in [-0.2, 0) is 16.1 Å². The van der Waals surface area contributed by atoms with E-state index in [9.17, 15) is 9.59 Å². The van der Waals surface area contributed by atoms with Gasteiger partial charge in [-0.1, -0.05) is 30.3 Å². The fourth-order valence-electron chi connectivity index (χ4n) is 2.02. The van der Waals surface area contributed by atoms with Crippen LogP contribution in [-0.4, -0.2) is 18.9 Å². The van der Waals surface area contributed by atoms with Crippen molar-refractivity contribution in [2.75, 3.05) is 12.4 Å². The van der Waals surface area contributed by atoms with Crippen molar-refractivity contribution in [3.8, 4) is 5.75 Å². The summed E-state index contributed by atoms with van der Waals surface area (Å²) < 4.78 is 5.18. The number of methoxy groups -OCH3 is 1. The first-order valence-corrected chi connectivity index (χ1v) is 6.88. The maximum Gasteiger partial charge on any atom is 0.313 e. The highest BCUT2D eigenvalue weighted by Crippen LogP contribution is 2.18. The fourth-order valence-corrected chi connectivity index (χ4v) is 2.02. The van der Waals surface area contributed by atoms with Gasteiger partial charge >= 0.3 is 11.8 Å². The van der Waals surface area contributed by atoms with Crippen LogP contribution in [0.5, 0.6) is 5.75 Å². The maximum absolute atomic E-state index is 11.8. The van der Waals surface area contributed by atoms with Crippen LogP contribution >= 0.6 is 0 Å². The second kappa shape index (κ2) is 7.26. The number of amides is 2. The molecule has 0 heterocycles. The third-order valence-electron chi connectivity index (χ3n) is 3.15. The predicted molar refractivity (Wildman–Crippen MR) is 84.6 cm³/mol. The highest BCUT2D eigenvalue weighted by Gasteiger charge is 2.13. The smallest absolute Gasteiger partial charge is 0.313 e. The summed E-state index contributed by atoms with van der Waals surface area (Å²) in [6.45, 7) is 2.21. The van der Waals surface area contributed by atoms with E-state index in [-0.39, 0.29) is 6.54 Å². The Morgan fingerprint density at radius 1 is 1.05 bits per heavy atom. The second-order valence-corrected chi connectivity index (χ2v) is 4.81. The van der Waals surface area contributed by atoms with Crippen LogP contribution in [0.3, 0.4) is 0 Å². The number of para-hydroxylation sites is 1. The van der Waals surface area contributed by atoms with Gasteiger partial charge in [0.2, 0.25) is 0 Å². The number of ether oxygens (including phenoxy) is 1. The number of anilines is 1. The largest absolute Gasteiger partial charge is 0.496 e. The minimum absolute atomic E-state index is 0.284. The van der Waals surface area contributed by atoms with E-state index < -0.39 is 11.8 Å². The molecule has 5 nitrogen and oxygen atoms in total. The molecule has 22 heavy (non-hydrogen) atoms. The zero-order valence-electron chi connectivity index (χ0n) is 12.6. The Kier molecular flexibility index (Phi) is 5.14. The van der Waals surface area contributed by atoms with E-state index in [2.05, 4.69) is 10.6 Å². The van der Waals surface area contributed by atoms with Crippen LogP contribution in [0.25, 0.3) is 0 Å². The number of nitrogens with one attached hydrogen (secondary N) is 2. The average molecular weight is 298 g/mol. The summed E-state index contributed by atoms with van der Waals surface area (Å²) in [5, 5.41) is 5.13. The minimum Gasteiger partial charge on any atom is -0.496 e. The Bertz CT molecular complexity index is 669. The van der Waals surface area contributed by atoms with Gasteiger partial charge in [-0.15, -0.1) is 0 Å². The molecule has 0 saturated heterocycles. The minimum atomic E-state index is -0.684. The van der Waals surface area contributed by atoms with Gasteiger partial charge in [-0.25, -0.2) is 0 Å². The van der Waals surface area contributed by atoms with Gasteiger partial charge in [0.15, 0.2) is 0 Å². The lowest BCUT2D eigenvalue weighted by Crippen LogP contribution is -2.34. The lowest BCUT2D eigenvalue weighted by molar-refractivity contribution is -0.136. The molecule has 2 aromatic carbocycles. The highest BCUT2D eigenvalue weighted by molar-refractivity contribution is 6.39. The lowest BCUT2D eigenvalue weighted by atomic mass is 10.1. The topological polar surface area (TPSA) is 67.4 Å². The molecular weight excluding hydrogens is 280 g/mol. The number of aryl methyl sites for hydroxylation is 1. The zero-order chi connectivity index (χ0) is 15.9. The van der Waals surface area contributed by atoms with Gasteiger partial charge in [-0.3, -0.25) is 9.59 Å². The molecule has 0 saturated carbocycles. The summed E-state index contributed by atoms with van der Waals surface area (Å²) >= 11 is 0. The summed E-state index contributed by atoms with van der Waals surface area (Å²) in [5.74, 6) is -0.564. The maximum atomic E-state index is 11.8. The highest BCUT2D eigenvalue weighted by atomic mass is 16.5. The molecule has 2 N–H and O–H groups in total. The van der Waals surface area contributed by atoms with E-state index in [1.54, 1.807) is 31.4 Å². The Hall–Kier alpha value is -2.82. The molecule has 0 aromatic heterocycles. The van der Waals surface area contributed by atoms with Crippen LogP contribution in [0.15, 0.2) is 48.5 Å². The molecular formula is C17H18N2O3. The van der Waals surface area contributed by atoms with Crippen LogP contribution in [0, 0.1) is 6.92 Å². The summed E-state index contributed by atoms with van der Waals surface area (Å²) in [5.41, 5.74) is 2.46. The first-order valence-electron chi connectivity index (χ1n) is 6.88. The molecule has 2 amide bonds. The van der Waals surface area contributed by atoms with E-state index in [1.165, 1.54) is 0 Å². The normalized spacial score (nSPS) is 9.91. The monoisotopic (exact) mass is 298 g/mol. The van der Waals surface area contributed by atoms with Crippen LogP contribution in [0.4, 0.5) is 5.69 Å². The molecule has 0 bridgehead atoms. The molecule has 0 unspecified atom stereocenters. The SMILES string of the molecule is COc1ccc(CNC(=O)C(=O)Nc2ccccc2)cc1C. The molecule has 114 valence electrons. The third kappa shape index (κ3) is 4.09. The van der Waals surface area contributed by atoms with Crippen molar-refractivity contribution in [2.45, 2.75) is 13.5 Å². The van der Waals surface area contributed by atoms with Crippen molar-refractivity contribution >= 4 is 17.5 Å².